The maximum absolute atomic E-state index is 13.3. The molecule has 3 atom stereocenters. The highest BCUT2D eigenvalue weighted by Gasteiger charge is 2.57. The van der Waals surface area contributed by atoms with Crippen molar-refractivity contribution >= 4 is 44.2 Å². The van der Waals surface area contributed by atoms with Gasteiger partial charge < -0.3 is 14.5 Å². The summed E-state index contributed by atoms with van der Waals surface area (Å²) in [5, 5.41) is 3.94. The topological polar surface area (TPSA) is 65.1 Å². The molecular weight excluding hydrogens is 624 g/mol. The van der Waals surface area contributed by atoms with Crippen LogP contribution in [0.15, 0.2) is 81.7 Å². The highest BCUT2D eigenvalue weighted by Crippen LogP contribution is 2.51. The number of carbonyl (C=O) groups excluding carboxylic acids is 2. The molecule has 0 aliphatic carbocycles. The molecule has 3 aromatic carbocycles. The normalized spacial score (nSPS) is 23.6. The Hall–Kier alpha value is -2.72. The summed E-state index contributed by atoms with van der Waals surface area (Å²) < 4.78 is 8.11. The Bertz CT molecular complexity index is 1310. The van der Waals surface area contributed by atoms with E-state index in [1.54, 1.807) is 6.92 Å². The number of benzene rings is 3. The molecule has 3 unspecified atom stereocenters. The Balaban J connectivity index is 1.71. The summed E-state index contributed by atoms with van der Waals surface area (Å²) in [5.41, 5.74) is 2.96. The molecule has 3 aromatic rings. The molecule has 2 heterocycles. The van der Waals surface area contributed by atoms with Gasteiger partial charge in [0.05, 0.1) is 24.3 Å². The first-order valence-electron chi connectivity index (χ1n) is 13.1. The molecule has 2 aliphatic rings. The number of nitrogens with one attached hydrogen (secondary N) is 1. The van der Waals surface area contributed by atoms with Crippen LogP contribution in [0.3, 0.4) is 0 Å². The molecule has 2 amide bonds. The van der Waals surface area contributed by atoms with Gasteiger partial charge in [0.25, 0.3) is 0 Å². The maximum atomic E-state index is 13.3. The molecule has 2 aliphatic heterocycles. The lowest BCUT2D eigenvalue weighted by molar-refractivity contribution is -0.145. The van der Waals surface area contributed by atoms with Crippen LogP contribution < -0.4 is 10.1 Å². The van der Waals surface area contributed by atoms with E-state index in [0.29, 0.717) is 32.8 Å². The molecule has 2 saturated heterocycles. The van der Waals surface area contributed by atoms with Crippen molar-refractivity contribution in [2.45, 2.75) is 31.7 Å². The number of piperazine rings is 1. The molecule has 9 heteroatoms. The van der Waals surface area contributed by atoms with Gasteiger partial charge >= 0.3 is 0 Å². The van der Waals surface area contributed by atoms with E-state index in [1.165, 1.54) is 0 Å². The van der Waals surface area contributed by atoms with Gasteiger partial charge in [-0.3, -0.25) is 19.8 Å². The van der Waals surface area contributed by atoms with Crippen molar-refractivity contribution in [1.82, 2.24) is 20.0 Å². The van der Waals surface area contributed by atoms with E-state index in [2.05, 4.69) is 66.3 Å². The maximum Gasteiger partial charge on any atom is 0.219 e. The zero-order valence-corrected chi connectivity index (χ0v) is 25.2. The number of rotatable bonds is 7. The summed E-state index contributed by atoms with van der Waals surface area (Å²) in [4.78, 5) is 31.5. The van der Waals surface area contributed by atoms with Crippen molar-refractivity contribution < 1.29 is 14.3 Å². The minimum absolute atomic E-state index is 0.0607. The number of amides is 2. The SMILES string of the molecule is CCOc1ccccc1C1(N2CCN(C(C)=O)CC2)NC(c2ccc(Br)cc2)C(c2ccc(Br)cc2)N1C=O. The Morgan fingerprint density at radius 1 is 0.949 bits per heavy atom. The molecule has 0 aromatic heterocycles. The Morgan fingerprint density at radius 2 is 1.54 bits per heavy atom. The van der Waals surface area contributed by atoms with Crippen molar-refractivity contribution in [2.75, 3.05) is 32.8 Å². The highest BCUT2D eigenvalue weighted by atomic mass is 79.9. The molecule has 2 fully saturated rings. The Labute approximate surface area is 246 Å². The summed E-state index contributed by atoms with van der Waals surface area (Å²) in [6.45, 7) is 6.41. The fraction of sp³-hybridized carbons (Fsp3) is 0.333. The average Bonchev–Trinajstić information content (AvgIpc) is 3.30. The zero-order valence-electron chi connectivity index (χ0n) is 22.0. The quantitative estimate of drug-likeness (QED) is 0.344. The van der Waals surface area contributed by atoms with Crippen molar-refractivity contribution in [2.24, 2.45) is 0 Å². The largest absolute Gasteiger partial charge is 0.493 e. The van der Waals surface area contributed by atoms with E-state index in [0.717, 1.165) is 37.8 Å². The molecule has 0 saturated carbocycles. The van der Waals surface area contributed by atoms with Crippen molar-refractivity contribution in [3.8, 4) is 5.75 Å². The van der Waals surface area contributed by atoms with Crippen LogP contribution in [0.1, 0.15) is 42.6 Å². The summed E-state index contributed by atoms with van der Waals surface area (Å²) in [7, 11) is 0. The smallest absolute Gasteiger partial charge is 0.219 e. The molecule has 1 N–H and O–H groups in total. The van der Waals surface area contributed by atoms with Gasteiger partial charge in [0.1, 0.15) is 5.75 Å². The predicted molar refractivity (Wildman–Crippen MR) is 158 cm³/mol. The minimum atomic E-state index is -1.01. The van der Waals surface area contributed by atoms with Crippen LogP contribution in [-0.2, 0) is 15.4 Å². The van der Waals surface area contributed by atoms with Gasteiger partial charge in [-0.15, -0.1) is 0 Å². The van der Waals surface area contributed by atoms with Gasteiger partial charge in [-0.2, -0.15) is 0 Å². The van der Waals surface area contributed by atoms with Crippen LogP contribution in [0.4, 0.5) is 0 Å². The number of hydrogen-bond acceptors (Lipinski definition) is 5. The van der Waals surface area contributed by atoms with E-state index < -0.39 is 5.79 Å². The third-order valence-electron chi connectivity index (χ3n) is 7.65. The summed E-state index contributed by atoms with van der Waals surface area (Å²) >= 11 is 7.12. The molecule has 7 nitrogen and oxygen atoms in total. The number of nitrogens with zero attached hydrogens (tertiary/aromatic N) is 3. The summed E-state index contributed by atoms with van der Waals surface area (Å²) in [6, 6.07) is 23.8. The number of hydrogen-bond donors (Lipinski definition) is 1. The van der Waals surface area contributed by atoms with E-state index in [-0.39, 0.29) is 18.0 Å². The van der Waals surface area contributed by atoms with E-state index in [1.807, 2.05) is 65.3 Å². The first kappa shape index (κ1) is 27.8. The van der Waals surface area contributed by atoms with Gasteiger partial charge in [-0.05, 0) is 48.4 Å². The molecule has 0 spiro atoms. The third-order valence-corrected chi connectivity index (χ3v) is 8.70. The lowest BCUT2D eigenvalue weighted by Crippen LogP contribution is -2.65. The van der Waals surface area contributed by atoms with Crippen LogP contribution in [-0.4, -0.2) is 59.8 Å². The zero-order chi connectivity index (χ0) is 27.6. The Morgan fingerprint density at radius 3 is 2.10 bits per heavy atom. The van der Waals surface area contributed by atoms with Crippen LogP contribution in [0.25, 0.3) is 0 Å². The van der Waals surface area contributed by atoms with Crippen LogP contribution in [0.5, 0.6) is 5.75 Å². The third kappa shape index (κ3) is 5.25. The van der Waals surface area contributed by atoms with Crippen LogP contribution in [0, 0.1) is 0 Å². The average molecular weight is 656 g/mol. The van der Waals surface area contributed by atoms with Gasteiger partial charge in [-0.1, -0.05) is 74.3 Å². The van der Waals surface area contributed by atoms with Gasteiger partial charge in [0.2, 0.25) is 12.3 Å². The van der Waals surface area contributed by atoms with Crippen LogP contribution >= 0.6 is 31.9 Å². The van der Waals surface area contributed by atoms with Gasteiger partial charge in [0, 0.05) is 42.0 Å². The lowest BCUT2D eigenvalue weighted by atomic mass is 9.94. The fourth-order valence-electron chi connectivity index (χ4n) is 5.85. The number of carbonyl (C=O) groups is 2. The summed E-state index contributed by atoms with van der Waals surface area (Å²) in [5.74, 6) is -0.226. The second-order valence-electron chi connectivity index (χ2n) is 9.78. The second kappa shape index (κ2) is 11.8. The Kier molecular flexibility index (Phi) is 8.42. The predicted octanol–water partition coefficient (Wildman–Crippen LogP) is 5.43. The molecule has 0 bridgehead atoms. The van der Waals surface area contributed by atoms with Gasteiger partial charge in [-0.25, -0.2) is 0 Å². The van der Waals surface area contributed by atoms with Gasteiger partial charge in [0.15, 0.2) is 5.79 Å². The first-order valence-corrected chi connectivity index (χ1v) is 14.7. The molecule has 39 heavy (non-hydrogen) atoms. The standard InChI is InChI=1S/C30H32Br2N4O3/c1-3-39-27-7-5-4-6-26(27)30(35-18-16-34(17-19-35)21(2)38)33-28(22-8-12-24(31)13-9-22)29(36(30)20-37)23-10-14-25(32)15-11-23/h4-15,20,28-29,33H,3,16-19H2,1-2H3. The van der Waals surface area contributed by atoms with E-state index in [4.69, 9.17) is 4.74 Å². The minimum Gasteiger partial charge on any atom is -0.493 e. The summed E-state index contributed by atoms with van der Waals surface area (Å²) in [6.07, 6.45) is 0.957. The first-order chi connectivity index (χ1) is 18.9. The fourth-order valence-corrected chi connectivity index (χ4v) is 6.37. The molecular formula is C30H32Br2N4O3. The highest BCUT2D eigenvalue weighted by molar-refractivity contribution is 9.10. The molecule has 5 rings (SSSR count). The van der Waals surface area contributed by atoms with E-state index in [9.17, 15) is 9.59 Å². The van der Waals surface area contributed by atoms with E-state index >= 15 is 0 Å². The number of para-hydroxylation sites is 1. The second-order valence-corrected chi connectivity index (χ2v) is 11.6. The lowest BCUT2D eigenvalue weighted by Gasteiger charge is -2.49. The number of ether oxygens (including phenoxy) is 1. The number of halogens is 2. The van der Waals surface area contributed by atoms with Crippen LogP contribution in [0.2, 0.25) is 0 Å². The van der Waals surface area contributed by atoms with Crippen molar-refractivity contribution in [1.29, 1.82) is 0 Å². The molecule has 204 valence electrons. The van der Waals surface area contributed by atoms with Crippen molar-refractivity contribution in [3.05, 3.63) is 98.4 Å². The van der Waals surface area contributed by atoms with Crippen molar-refractivity contribution in [3.63, 3.8) is 0 Å². The monoisotopic (exact) mass is 654 g/mol. The molecule has 0 radical (unpaired) electrons.